The Hall–Kier alpha value is -3.59. The molecule has 152 valence electrons. The molecule has 1 aromatic heterocycles. The molecule has 1 aliphatic rings. The number of piperazine rings is 1. The van der Waals surface area contributed by atoms with Crippen LogP contribution in [-0.2, 0) is 0 Å². The number of rotatable bonds is 4. The Balaban J connectivity index is 1.50. The predicted octanol–water partition coefficient (Wildman–Crippen LogP) is 4.34. The van der Waals surface area contributed by atoms with Gasteiger partial charge in [-0.05, 0) is 50.1 Å². The molecule has 1 saturated heterocycles. The molecule has 30 heavy (non-hydrogen) atoms. The Bertz CT molecular complexity index is 1090. The Kier molecular flexibility index (Phi) is 5.53. The molecule has 1 N–H and O–H groups in total. The molecule has 0 spiro atoms. The first-order valence-corrected chi connectivity index (χ1v) is 10.2. The summed E-state index contributed by atoms with van der Waals surface area (Å²) < 4.78 is 0. The molecule has 1 fully saturated rings. The molecule has 6 nitrogen and oxygen atoms in total. The van der Waals surface area contributed by atoms with Crippen molar-refractivity contribution in [2.75, 3.05) is 41.3 Å². The van der Waals surface area contributed by atoms with Gasteiger partial charge < -0.3 is 15.1 Å². The molecule has 1 aliphatic heterocycles. The fourth-order valence-electron chi connectivity index (χ4n) is 3.81. The quantitative estimate of drug-likeness (QED) is 0.705. The zero-order valence-corrected chi connectivity index (χ0v) is 17.7. The number of benzene rings is 2. The monoisotopic (exact) mass is 398 g/mol. The summed E-state index contributed by atoms with van der Waals surface area (Å²) in [6.45, 7) is 9.92. The maximum Gasteiger partial charge on any atom is 0.227 e. The Labute approximate surface area is 177 Å². The molecular weight excluding hydrogens is 372 g/mol. The highest BCUT2D eigenvalue weighted by molar-refractivity contribution is 5.65. The summed E-state index contributed by atoms with van der Waals surface area (Å²) in [5.74, 6) is 1.43. The van der Waals surface area contributed by atoms with Crippen molar-refractivity contribution >= 4 is 23.1 Å². The van der Waals surface area contributed by atoms with Crippen LogP contribution >= 0.6 is 0 Å². The van der Waals surface area contributed by atoms with E-state index < -0.39 is 0 Å². The minimum Gasteiger partial charge on any atom is -0.368 e. The summed E-state index contributed by atoms with van der Waals surface area (Å²) >= 11 is 0. The molecule has 0 aliphatic carbocycles. The fraction of sp³-hybridized carbons (Fsp3) is 0.292. The SMILES string of the molecule is Cc1cc(Nc2ccccc2C#N)nc(N2CCN(c3cccc(C)c3C)CC2)n1. The van der Waals surface area contributed by atoms with Crippen molar-refractivity contribution < 1.29 is 0 Å². The molecule has 0 radical (unpaired) electrons. The van der Waals surface area contributed by atoms with Gasteiger partial charge >= 0.3 is 0 Å². The van der Waals surface area contributed by atoms with E-state index in [1.54, 1.807) is 6.07 Å². The lowest BCUT2D eigenvalue weighted by Gasteiger charge is -2.37. The van der Waals surface area contributed by atoms with Crippen LogP contribution < -0.4 is 15.1 Å². The highest BCUT2D eigenvalue weighted by Crippen LogP contribution is 2.26. The summed E-state index contributed by atoms with van der Waals surface area (Å²) in [5, 5.41) is 12.6. The average Bonchev–Trinajstić information content (AvgIpc) is 2.76. The average molecular weight is 399 g/mol. The second-order valence-corrected chi connectivity index (χ2v) is 7.67. The van der Waals surface area contributed by atoms with Gasteiger partial charge in [0.1, 0.15) is 11.9 Å². The highest BCUT2D eigenvalue weighted by atomic mass is 15.3. The van der Waals surface area contributed by atoms with Gasteiger partial charge in [-0.3, -0.25) is 0 Å². The molecule has 2 heterocycles. The number of nitriles is 1. The number of nitrogens with one attached hydrogen (secondary N) is 1. The van der Waals surface area contributed by atoms with Crippen LogP contribution in [0.25, 0.3) is 0 Å². The molecule has 0 atom stereocenters. The summed E-state index contributed by atoms with van der Waals surface area (Å²) in [6, 6.07) is 18.1. The van der Waals surface area contributed by atoms with E-state index in [1.807, 2.05) is 31.2 Å². The lowest BCUT2D eigenvalue weighted by molar-refractivity contribution is 0.638. The van der Waals surface area contributed by atoms with Crippen molar-refractivity contribution in [1.82, 2.24) is 9.97 Å². The van der Waals surface area contributed by atoms with Crippen LogP contribution in [0.3, 0.4) is 0 Å². The minimum atomic E-state index is 0.595. The lowest BCUT2D eigenvalue weighted by atomic mass is 10.1. The molecule has 6 heteroatoms. The Morgan fingerprint density at radius 1 is 0.900 bits per heavy atom. The molecule has 2 aromatic carbocycles. The minimum absolute atomic E-state index is 0.595. The molecule has 0 saturated carbocycles. The normalized spacial score (nSPS) is 13.8. The first-order valence-electron chi connectivity index (χ1n) is 10.2. The number of hydrogen-bond donors (Lipinski definition) is 1. The first kappa shape index (κ1) is 19.7. The summed E-state index contributed by atoms with van der Waals surface area (Å²) in [5.41, 5.74) is 6.23. The first-order chi connectivity index (χ1) is 14.5. The molecule has 0 unspecified atom stereocenters. The van der Waals surface area contributed by atoms with E-state index in [-0.39, 0.29) is 0 Å². The number of aromatic nitrogens is 2. The maximum absolute atomic E-state index is 9.33. The number of para-hydroxylation sites is 1. The molecule has 4 rings (SSSR count). The van der Waals surface area contributed by atoms with Crippen LogP contribution in [-0.4, -0.2) is 36.1 Å². The van der Waals surface area contributed by atoms with Gasteiger partial charge in [0.2, 0.25) is 5.95 Å². The van der Waals surface area contributed by atoms with Gasteiger partial charge in [-0.2, -0.15) is 10.2 Å². The van der Waals surface area contributed by atoms with E-state index in [4.69, 9.17) is 4.98 Å². The van der Waals surface area contributed by atoms with Gasteiger partial charge in [-0.15, -0.1) is 0 Å². The van der Waals surface area contributed by atoms with Crippen molar-refractivity contribution in [3.63, 3.8) is 0 Å². The number of aryl methyl sites for hydroxylation is 2. The van der Waals surface area contributed by atoms with Crippen LogP contribution in [0.5, 0.6) is 0 Å². The van der Waals surface area contributed by atoms with E-state index in [0.29, 0.717) is 11.4 Å². The highest BCUT2D eigenvalue weighted by Gasteiger charge is 2.21. The number of hydrogen-bond acceptors (Lipinski definition) is 6. The predicted molar refractivity (Wildman–Crippen MR) is 122 cm³/mol. The number of anilines is 4. The van der Waals surface area contributed by atoms with Crippen molar-refractivity contribution in [1.29, 1.82) is 5.26 Å². The van der Waals surface area contributed by atoms with E-state index in [1.165, 1.54) is 16.8 Å². The summed E-state index contributed by atoms with van der Waals surface area (Å²) in [4.78, 5) is 14.1. The molecule has 0 amide bonds. The fourth-order valence-corrected chi connectivity index (χ4v) is 3.81. The topological polar surface area (TPSA) is 68.1 Å². The van der Waals surface area contributed by atoms with Crippen LogP contribution in [0, 0.1) is 32.1 Å². The zero-order chi connectivity index (χ0) is 21.1. The Morgan fingerprint density at radius 2 is 1.63 bits per heavy atom. The third-order valence-corrected chi connectivity index (χ3v) is 5.63. The van der Waals surface area contributed by atoms with Gasteiger partial charge in [0.25, 0.3) is 0 Å². The largest absolute Gasteiger partial charge is 0.368 e. The summed E-state index contributed by atoms with van der Waals surface area (Å²) in [6.07, 6.45) is 0. The summed E-state index contributed by atoms with van der Waals surface area (Å²) in [7, 11) is 0. The molecular formula is C24H26N6. The second kappa shape index (κ2) is 8.42. The van der Waals surface area contributed by atoms with Gasteiger partial charge in [-0.25, -0.2) is 4.98 Å². The van der Waals surface area contributed by atoms with Crippen molar-refractivity contribution in [2.45, 2.75) is 20.8 Å². The van der Waals surface area contributed by atoms with Crippen LogP contribution in [0.1, 0.15) is 22.4 Å². The van der Waals surface area contributed by atoms with Crippen molar-refractivity contribution in [3.8, 4) is 6.07 Å². The van der Waals surface area contributed by atoms with Crippen LogP contribution in [0.4, 0.5) is 23.1 Å². The lowest BCUT2D eigenvalue weighted by Crippen LogP contribution is -2.47. The van der Waals surface area contributed by atoms with Gasteiger partial charge in [0.15, 0.2) is 0 Å². The maximum atomic E-state index is 9.33. The van der Waals surface area contributed by atoms with E-state index in [0.717, 1.165) is 43.5 Å². The van der Waals surface area contributed by atoms with Crippen molar-refractivity contribution in [3.05, 3.63) is 70.9 Å². The zero-order valence-electron chi connectivity index (χ0n) is 17.7. The number of nitrogens with zero attached hydrogens (tertiary/aromatic N) is 5. The van der Waals surface area contributed by atoms with E-state index >= 15 is 0 Å². The van der Waals surface area contributed by atoms with E-state index in [9.17, 15) is 5.26 Å². The second-order valence-electron chi connectivity index (χ2n) is 7.67. The van der Waals surface area contributed by atoms with Crippen molar-refractivity contribution in [2.24, 2.45) is 0 Å². The Morgan fingerprint density at radius 3 is 2.40 bits per heavy atom. The third kappa shape index (κ3) is 4.06. The smallest absolute Gasteiger partial charge is 0.227 e. The van der Waals surface area contributed by atoms with E-state index in [2.05, 4.69) is 58.2 Å². The van der Waals surface area contributed by atoms with Gasteiger partial charge in [0.05, 0.1) is 11.3 Å². The standard InChI is InChI=1S/C24H26N6/c1-17-7-6-10-22(19(17)3)29-11-13-30(14-12-29)24-26-18(2)15-23(28-24)27-21-9-5-4-8-20(21)16-25/h4-10,15H,11-14H2,1-3H3,(H,26,27,28). The molecule has 0 bridgehead atoms. The van der Waals surface area contributed by atoms with Gasteiger partial charge in [0, 0.05) is 43.6 Å². The molecule has 3 aromatic rings. The van der Waals surface area contributed by atoms with Crippen LogP contribution in [0.2, 0.25) is 0 Å². The van der Waals surface area contributed by atoms with Crippen LogP contribution in [0.15, 0.2) is 48.5 Å². The van der Waals surface area contributed by atoms with Gasteiger partial charge in [-0.1, -0.05) is 24.3 Å². The third-order valence-electron chi connectivity index (χ3n) is 5.63.